The molecule has 0 saturated heterocycles. The summed E-state index contributed by atoms with van der Waals surface area (Å²) in [5.41, 5.74) is 5.27. The van der Waals surface area contributed by atoms with E-state index in [1.165, 1.54) is 29.3 Å². The fraction of sp³-hybridized carbons (Fsp3) is 0.154. The molecule has 3 aromatic rings. The van der Waals surface area contributed by atoms with Gasteiger partial charge in [-0.1, -0.05) is 40.9 Å². The molecule has 0 unspecified atom stereocenters. The maximum Gasteiger partial charge on any atom is 0.266 e. The Morgan fingerprint density at radius 1 is 1.12 bits per heavy atom. The molecule has 0 heterocycles. The first-order valence-corrected chi connectivity index (χ1v) is 10.3. The molecule has 2 N–H and O–H groups in total. The third-order valence-corrected chi connectivity index (χ3v) is 5.20. The summed E-state index contributed by atoms with van der Waals surface area (Å²) in [6, 6.07) is 17.7. The number of anilines is 1. The second kappa shape index (κ2) is 10.0. The first-order chi connectivity index (χ1) is 15.3. The van der Waals surface area contributed by atoms with Crippen LogP contribution in [0.5, 0.6) is 11.5 Å². The molecule has 6 heteroatoms. The highest BCUT2D eigenvalue weighted by Gasteiger charge is 2.14. The number of methoxy groups -OCH3 is 1. The van der Waals surface area contributed by atoms with Gasteiger partial charge in [0.15, 0.2) is 0 Å². The van der Waals surface area contributed by atoms with E-state index in [0.29, 0.717) is 28.4 Å². The largest absolute Gasteiger partial charge is 0.508 e. The molecule has 0 atom stereocenters. The van der Waals surface area contributed by atoms with Gasteiger partial charge in [0.1, 0.15) is 23.1 Å². The normalized spacial score (nSPS) is 11.0. The zero-order chi connectivity index (χ0) is 23.3. The number of amides is 1. The van der Waals surface area contributed by atoms with Crippen molar-refractivity contribution in [3.8, 4) is 17.6 Å². The van der Waals surface area contributed by atoms with Crippen LogP contribution >= 0.6 is 11.6 Å². The smallest absolute Gasteiger partial charge is 0.266 e. The second-order valence-electron chi connectivity index (χ2n) is 7.53. The lowest BCUT2D eigenvalue weighted by Gasteiger charge is -2.13. The lowest BCUT2D eigenvalue weighted by atomic mass is 9.98. The Morgan fingerprint density at radius 3 is 2.38 bits per heavy atom. The Labute approximate surface area is 192 Å². The fourth-order valence-corrected chi connectivity index (χ4v) is 3.79. The minimum atomic E-state index is -0.562. The van der Waals surface area contributed by atoms with E-state index in [0.717, 1.165) is 11.1 Å². The molecule has 0 aliphatic heterocycles. The van der Waals surface area contributed by atoms with Crippen LogP contribution in [0.4, 0.5) is 5.69 Å². The van der Waals surface area contributed by atoms with Gasteiger partial charge in [-0.3, -0.25) is 4.79 Å². The van der Waals surface area contributed by atoms with Gasteiger partial charge in [0.2, 0.25) is 0 Å². The van der Waals surface area contributed by atoms with Gasteiger partial charge in [0, 0.05) is 22.7 Å². The van der Waals surface area contributed by atoms with E-state index in [1.54, 1.807) is 31.4 Å². The molecule has 32 heavy (non-hydrogen) atoms. The van der Waals surface area contributed by atoms with Gasteiger partial charge >= 0.3 is 0 Å². The number of carbonyl (C=O) groups excluding carboxylic acids is 1. The lowest BCUT2D eigenvalue weighted by Crippen LogP contribution is -2.13. The summed E-state index contributed by atoms with van der Waals surface area (Å²) < 4.78 is 5.56. The van der Waals surface area contributed by atoms with Gasteiger partial charge in [-0.15, -0.1) is 0 Å². The fourth-order valence-electron chi connectivity index (χ4n) is 3.50. The highest BCUT2D eigenvalue weighted by Crippen LogP contribution is 2.32. The number of benzene rings is 3. The van der Waals surface area contributed by atoms with Crippen molar-refractivity contribution in [3.63, 3.8) is 0 Å². The number of aryl methyl sites for hydroxylation is 2. The predicted molar refractivity (Wildman–Crippen MR) is 127 cm³/mol. The molecular formula is C26H23ClN2O3. The Bertz CT molecular complexity index is 1200. The summed E-state index contributed by atoms with van der Waals surface area (Å²) in [4.78, 5) is 12.5. The summed E-state index contributed by atoms with van der Waals surface area (Å²) in [5, 5.41) is 22.0. The molecule has 0 spiro atoms. The number of halogens is 1. The van der Waals surface area contributed by atoms with Crippen LogP contribution in [0.2, 0.25) is 5.02 Å². The van der Waals surface area contributed by atoms with E-state index in [4.69, 9.17) is 16.3 Å². The monoisotopic (exact) mass is 446 g/mol. The van der Waals surface area contributed by atoms with Crippen molar-refractivity contribution < 1.29 is 14.6 Å². The second-order valence-corrected chi connectivity index (χ2v) is 7.93. The van der Waals surface area contributed by atoms with Crippen LogP contribution in [-0.2, 0) is 11.2 Å². The number of ether oxygens (including phenoxy) is 1. The molecule has 5 nitrogen and oxygen atoms in total. The van der Waals surface area contributed by atoms with Gasteiger partial charge in [0.25, 0.3) is 5.91 Å². The van der Waals surface area contributed by atoms with E-state index in [1.807, 2.05) is 6.07 Å². The van der Waals surface area contributed by atoms with Crippen LogP contribution < -0.4 is 10.1 Å². The molecule has 0 fully saturated rings. The molecule has 0 aromatic heterocycles. The van der Waals surface area contributed by atoms with Crippen LogP contribution in [0, 0.1) is 25.2 Å². The molecular weight excluding hydrogens is 424 g/mol. The molecule has 0 saturated carbocycles. The summed E-state index contributed by atoms with van der Waals surface area (Å²) in [6.07, 6.45) is 2.06. The highest BCUT2D eigenvalue weighted by atomic mass is 35.5. The topological polar surface area (TPSA) is 82.3 Å². The van der Waals surface area contributed by atoms with Crippen molar-refractivity contribution in [2.75, 3.05) is 12.4 Å². The number of carbonyl (C=O) groups is 1. The molecule has 0 radical (unpaired) electrons. The van der Waals surface area contributed by atoms with E-state index in [2.05, 4.69) is 37.4 Å². The number of rotatable bonds is 6. The molecule has 1 amide bonds. The number of nitrogens with zero attached hydrogens (tertiary/aromatic N) is 1. The number of nitriles is 1. The summed E-state index contributed by atoms with van der Waals surface area (Å²) in [6.45, 7) is 4.10. The molecule has 3 aromatic carbocycles. The third kappa shape index (κ3) is 5.69. The minimum absolute atomic E-state index is 0.0849. The van der Waals surface area contributed by atoms with Gasteiger partial charge < -0.3 is 15.2 Å². The molecule has 0 aliphatic carbocycles. The Balaban J connectivity index is 1.89. The Hall–Kier alpha value is -3.75. The standard InChI is InChI=1S/C26H23ClN2O3/c1-16-8-17(2)10-18(9-16)12-23-24(27)13-19(14-25(23)32-3)11-20(15-28)26(31)29-21-4-6-22(30)7-5-21/h4-11,13-14,30H,12H2,1-3H3,(H,29,31)/b20-11+. The SMILES string of the molecule is COc1cc(/C=C(\C#N)C(=O)Nc2ccc(O)cc2)cc(Cl)c1Cc1cc(C)cc(C)c1. The molecule has 0 bridgehead atoms. The summed E-state index contributed by atoms with van der Waals surface area (Å²) >= 11 is 6.58. The van der Waals surface area contributed by atoms with Crippen LogP contribution in [0.15, 0.2) is 60.2 Å². The van der Waals surface area contributed by atoms with Crippen molar-refractivity contribution in [1.29, 1.82) is 5.26 Å². The highest BCUT2D eigenvalue weighted by molar-refractivity contribution is 6.31. The molecule has 0 aliphatic rings. The van der Waals surface area contributed by atoms with Crippen LogP contribution in [0.1, 0.15) is 27.8 Å². The van der Waals surface area contributed by atoms with Gasteiger partial charge in [-0.2, -0.15) is 5.26 Å². The first kappa shape index (κ1) is 22.9. The number of phenols is 1. The molecule has 3 rings (SSSR count). The number of phenolic OH excluding ortho intramolecular Hbond substituents is 1. The number of hydrogen-bond acceptors (Lipinski definition) is 4. The minimum Gasteiger partial charge on any atom is -0.508 e. The zero-order valence-electron chi connectivity index (χ0n) is 18.1. The van der Waals surface area contributed by atoms with Crippen LogP contribution in [0.25, 0.3) is 6.08 Å². The Kier molecular flexibility index (Phi) is 7.19. The van der Waals surface area contributed by atoms with E-state index in [-0.39, 0.29) is 11.3 Å². The average molecular weight is 447 g/mol. The third-order valence-electron chi connectivity index (χ3n) is 4.86. The Morgan fingerprint density at radius 2 is 1.78 bits per heavy atom. The van der Waals surface area contributed by atoms with E-state index < -0.39 is 5.91 Å². The van der Waals surface area contributed by atoms with Gasteiger partial charge in [0.05, 0.1) is 7.11 Å². The number of hydrogen-bond donors (Lipinski definition) is 2. The van der Waals surface area contributed by atoms with E-state index in [9.17, 15) is 15.2 Å². The van der Waals surface area contributed by atoms with Gasteiger partial charge in [-0.05, 0) is 67.4 Å². The number of nitrogens with one attached hydrogen (secondary N) is 1. The van der Waals surface area contributed by atoms with Crippen molar-refractivity contribution in [2.45, 2.75) is 20.3 Å². The van der Waals surface area contributed by atoms with Crippen molar-refractivity contribution in [1.82, 2.24) is 0 Å². The van der Waals surface area contributed by atoms with Crippen molar-refractivity contribution in [2.24, 2.45) is 0 Å². The zero-order valence-corrected chi connectivity index (χ0v) is 18.8. The quantitative estimate of drug-likeness (QED) is 0.284. The van der Waals surface area contributed by atoms with Crippen LogP contribution in [0.3, 0.4) is 0 Å². The van der Waals surface area contributed by atoms with Crippen molar-refractivity contribution in [3.05, 3.63) is 93.0 Å². The average Bonchev–Trinajstić information content (AvgIpc) is 2.74. The molecule has 162 valence electrons. The lowest BCUT2D eigenvalue weighted by molar-refractivity contribution is -0.112. The maximum atomic E-state index is 12.5. The predicted octanol–water partition coefficient (Wildman–Crippen LogP) is 5.81. The summed E-state index contributed by atoms with van der Waals surface area (Å²) in [7, 11) is 1.56. The summed E-state index contributed by atoms with van der Waals surface area (Å²) in [5.74, 6) is 0.105. The van der Waals surface area contributed by atoms with Crippen molar-refractivity contribution >= 4 is 29.3 Å². The number of aromatic hydroxyl groups is 1. The van der Waals surface area contributed by atoms with E-state index >= 15 is 0 Å². The first-order valence-electron chi connectivity index (χ1n) is 9.95. The van der Waals surface area contributed by atoms with Crippen LogP contribution in [-0.4, -0.2) is 18.1 Å². The van der Waals surface area contributed by atoms with Gasteiger partial charge in [-0.25, -0.2) is 0 Å². The maximum absolute atomic E-state index is 12.5.